The molecule has 2 aliphatic rings. The zero-order chi connectivity index (χ0) is 47.2. The number of thiazole rings is 1. The van der Waals surface area contributed by atoms with Gasteiger partial charge in [-0.05, 0) is 81.1 Å². The highest BCUT2D eigenvalue weighted by Crippen LogP contribution is 2.34. The molecule has 4 amide bonds. The number of ether oxygens (including phenoxy) is 3. The molecule has 0 bridgehead atoms. The summed E-state index contributed by atoms with van der Waals surface area (Å²) in [6.45, 7) is 12.2. The molecule has 2 aliphatic heterocycles. The van der Waals surface area contributed by atoms with E-state index >= 15 is 0 Å². The third-order valence-electron chi connectivity index (χ3n) is 12.0. The topological polar surface area (TPSA) is 223 Å². The lowest BCUT2D eigenvalue weighted by Gasteiger charge is -2.35. The average Bonchev–Trinajstić information content (AvgIpc) is 4.07. The summed E-state index contributed by atoms with van der Waals surface area (Å²) in [4.78, 5) is 71.3. The molecule has 17 nitrogen and oxygen atoms in total. The van der Waals surface area contributed by atoms with Crippen LogP contribution in [-0.4, -0.2) is 131 Å². The van der Waals surface area contributed by atoms with Crippen LogP contribution in [0.3, 0.4) is 0 Å². The van der Waals surface area contributed by atoms with Crippen LogP contribution in [0.4, 0.5) is 5.95 Å². The first-order chi connectivity index (χ1) is 31.7. The van der Waals surface area contributed by atoms with Crippen LogP contribution in [-0.2, 0) is 36.9 Å². The van der Waals surface area contributed by atoms with Crippen LogP contribution in [0.2, 0.25) is 0 Å². The number of carbonyl (C=O) groups is 4. The molecule has 6 N–H and O–H groups in total. The number of likely N-dealkylation sites (tertiary alicyclic amines) is 2. The molecule has 66 heavy (non-hydrogen) atoms. The van der Waals surface area contributed by atoms with Crippen molar-refractivity contribution in [2.45, 2.75) is 110 Å². The van der Waals surface area contributed by atoms with E-state index in [0.717, 1.165) is 65.3 Å². The van der Waals surface area contributed by atoms with Gasteiger partial charge in [0.05, 0.1) is 60.3 Å². The summed E-state index contributed by atoms with van der Waals surface area (Å²) in [6.07, 6.45) is 4.86. The van der Waals surface area contributed by atoms with Gasteiger partial charge in [-0.1, -0.05) is 45.0 Å². The predicted octanol–water partition coefficient (Wildman–Crippen LogP) is 4.56. The number of aromatic nitrogens is 3. The van der Waals surface area contributed by atoms with Gasteiger partial charge in [0.1, 0.15) is 12.1 Å². The van der Waals surface area contributed by atoms with Crippen molar-refractivity contribution in [3.05, 3.63) is 58.9 Å². The van der Waals surface area contributed by atoms with E-state index in [4.69, 9.17) is 19.9 Å². The smallest absolute Gasteiger partial charge is 0.246 e. The van der Waals surface area contributed by atoms with Gasteiger partial charge in [-0.3, -0.25) is 19.2 Å². The second-order valence-corrected chi connectivity index (χ2v) is 19.0. The number of aryl methyl sites for hydroxylation is 2. The van der Waals surface area contributed by atoms with Crippen LogP contribution in [0, 0.1) is 12.3 Å². The number of rotatable bonds is 23. The van der Waals surface area contributed by atoms with E-state index < -0.39 is 35.4 Å². The Bertz CT molecular complexity index is 2260. The molecule has 6 rings (SSSR count). The van der Waals surface area contributed by atoms with Crippen LogP contribution < -0.4 is 31.2 Å². The lowest BCUT2D eigenvalue weighted by atomic mass is 9.85. The van der Waals surface area contributed by atoms with Crippen LogP contribution in [0.15, 0.2) is 41.9 Å². The first-order valence-corrected chi connectivity index (χ1v) is 24.0. The van der Waals surface area contributed by atoms with Crippen molar-refractivity contribution in [1.82, 2.24) is 40.7 Å². The first-order valence-electron chi connectivity index (χ1n) is 23.1. The zero-order valence-corrected chi connectivity index (χ0v) is 39.8. The normalized spacial score (nSPS) is 16.9. The molecule has 0 spiro atoms. The minimum absolute atomic E-state index is 0.0203. The number of nitrogen functional groups attached to an aromatic ring is 1. The van der Waals surface area contributed by atoms with Crippen LogP contribution in [0.5, 0.6) is 11.5 Å². The Hall–Kier alpha value is -5.43. The number of hydrogen-bond donors (Lipinski definition) is 5. The molecule has 358 valence electrons. The third kappa shape index (κ3) is 14.0. The Kier molecular flexibility index (Phi) is 18.1. The van der Waals surface area contributed by atoms with Gasteiger partial charge in [0.25, 0.3) is 0 Å². The number of fused-ring (bicyclic) bond motifs is 1. The fraction of sp³-hybridized carbons (Fsp3) is 0.562. The van der Waals surface area contributed by atoms with Crippen molar-refractivity contribution >= 4 is 51.8 Å². The second kappa shape index (κ2) is 23.8. The molecule has 4 heterocycles. The number of hydrogen-bond acceptors (Lipinski definition) is 14. The van der Waals surface area contributed by atoms with Crippen molar-refractivity contribution in [3.63, 3.8) is 0 Å². The van der Waals surface area contributed by atoms with E-state index in [-0.39, 0.29) is 63.3 Å². The van der Waals surface area contributed by atoms with Crippen molar-refractivity contribution < 1.29 is 38.5 Å². The van der Waals surface area contributed by atoms with Crippen LogP contribution >= 0.6 is 11.3 Å². The Morgan fingerprint density at radius 2 is 1.70 bits per heavy atom. The number of β-amino-alcohol motifs (C(OH)–C–C–N with tert-alkyl or cyclic N) is 1. The Morgan fingerprint density at radius 1 is 0.955 bits per heavy atom. The van der Waals surface area contributed by atoms with E-state index in [1.165, 1.54) is 17.7 Å². The maximum Gasteiger partial charge on any atom is 0.246 e. The summed E-state index contributed by atoms with van der Waals surface area (Å²) in [6, 6.07) is 9.77. The summed E-state index contributed by atoms with van der Waals surface area (Å²) in [5, 5.41) is 20.1. The fourth-order valence-electron chi connectivity index (χ4n) is 8.34. The molecule has 0 radical (unpaired) electrons. The molecular formula is C48H67N9O8S. The number of nitrogens with zero attached hydrogens (tertiary/aromatic N) is 5. The minimum atomic E-state index is -0.959. The molecule has 1 unspecified atom stereocenters. The van der Waals surface area contributed by atoms with E-state index in [0.29, 0.717) is 43.0 Å². The van der Waals surface area contributed by atoms with Gasteiger partial charge in [0, 0.05) is 56.9 Å². The number of nitrogens with two attached hydrogens (primary N) is 1. The van der Waals surface area contributed by atoms with E-state index in [9.17, 15) is 24.3 Å². The van der Waals surface area contributed by atoms with Crippen LogP contribution in [0.1, 0.15) is 89.1 Å². The summed E-state index contributed by atoms with van der Waals surface area (Å²) in [5.41, 5.74) is 11.6. The van der Waals surface area contributed by atoms with Gasteiger partial charge in [0.15, 0.2) is 11.5 Å². The molecule has 4 aromatic rings. The van der Waals surface area contributed by atoms with E-state index in [1.807, 2.05) is 69.6 Å². The first kappa shape index (κ1) is 50.0. The lowest BCUT2D eigenvalue weighted by molar-refractivity contribution is -0.144. The number of benzene rings is 2. The summed E-state index contributed by atoms with van der Waals surface area (Å²) < 4.78 is 17.4. The number of unbranched alkanes of at least 4 members (excludes halogenated alkanes) is 1. The second-order valence-electron chi connectivity index (χ2n) is 18.2. The highest BCUT2D eigenvalue weighted by Gasteiger charge is 2.44. The number of anilines is 1. The van der Waals surface area contributed by atoms with Crippen molar-refractivity contribution in [2.75, 3.05) is 65.4 Å². The SMILES string of the molecule is COc1cc2c(CCCCNC(=O)CCOCCC(=O)N[C@H](C(=O)N3C[C@H](O)CC3C(=O)NCc3ccc(-c4scnc4C)cc3)C(C)(C)C)nc(N)nc2cc1OCCCN1CCCC1. The fourth-order valence-corrected chi connectivity index (χ4v) is 9.15. The van der Waals surface area contributed by atoms with Gasteiger partial charge >= 0.3 is 0 Å². The molecule has 0 saturated carbocycles. The largest absolute Gasteiger partial charge is 0.493 e. The van der Waals surface area contributed by atoms with E-state index in [2.05, 4.69) is 35.8 Å². The van der Waals surface area contributed by atoms with Crippen molar-refractivity contribution in [1.29, 1.82) is 0 Å². The van der Waals surface area contributed by atoms with Gasteiger partial charge in [-0.15, -0.1) is 11.3 Å². The summed E-state index contributed by atoms with van der Waals surface area (Å²) >= 11 is 1.57. The lowest BCUT2D eigenvalue weighted by Crippen LogP contribution is -2.57. The maximum atomic E-state index is 14.0. The number of nitrogens with one attached hydrogen (secondary N) is 3. The Balaban J connectivity index is 0.879. The number of methoxy groups -OCH3 is 1. The quantitative estimate of drug-likeness (QED) is 0.0645. The van der Waals surface area contributed by atoms with Gasteiger partial charge in [-0.25, -0.2) is 15.0 Å². The minimum Gasteiger partial charge on any atom is -0.493 e. The highest BCUT2D eigenvalue weighted by molar-refractivity contribution is 7.13. The zero-order valence-electron chi connectivity index (χ0n) is 39.0. The molecule has 2 aromatic heterocycles. The number of carbonyl (C=O) groups excluding carboxylic acids is 4. The Labute approximate surface area is 391 Å². The van der Waals surface area contributed by atoms with Gasteiger partial charge in [-0.2, -0.15) is 0 Å². The van der Waals surface area contributed by atoms with E-state index in [1.54, 1.807) is 18.4 Å². The Morgan fingerprint density at radius 3 is 2.39 bits per heavy atom. The molecule has 3 atom stereocenters. The number of aliphatic hydroxyl groups excluding tert-OH is 1. The van der Waals surface area contributed by atoms with Crippen molar-refractivity contribution in [2.24, 2.45) is 5.41 Å². The molecule has 18 heteroatoms. The third-order valence-corrected chi connectivity index (χ3v) is 13.0. The van der Waals surface area contributed by atoms with Crippen LogP contribution in [0.25, 0.3) is 21.3 Å². The monoisotopic (exact) mass is 929 g/mol. The van der Waals surface area contributed by atoms with Gasteiger partial charge < -0.3 is 50.8 Å². The molecule has 0 aliphatic carbocycles. The highest BCUT2D eigenvalue weighted by atomic mass is 32.1. The van der Waals surface area contributed by atoms with Gasteiger partial charge in [0.2, 0.25) is 29.6 Å². The predicted molar refractivity (Wildman–Crippen MR) is 254 cm³/mol. The molecule has 2 saturated heterocycles. The standard InChI is InChI=1S/C48H67N9O8S/c1-31-43(66-30-52-31)33-14-12-32(13-15-33)28-51-45(61)38-25-34(58)29-57(38)46(62)44(48(2,3)4)55-42(60)17-24-64-23-16-41(59)50-18-7-6-11-36-35-26-39(63-5)40(27-37(35)54-47(49)53-36)65-22-10-21-56-19-8-9-20-56/h12-15,26-27,30,34,38,44,58H,6-11,16-25,28-29H2,1-5H3,(H,50,59)(H,51,61)(H,55,60)(H2,49,53,54)/t34-,38?,44-/m1/s1. The maximum absolute atomic E-state index is 14.0. The number of amides is 4. The van der Waals surface area contributed by atoms with Crippen molar-refractivity contribution in [3.8, 4) is 21.9 Å². The summed E-state index contributed by atoms with van der Waals surface area (Å²) in [7, 11) is 1.62. The molecular weight excluding hydrogens is 863 g/mol. The molecule has 2 aromatic carbocycles. The average molecular weight is 930 g/mol. The molecule has 2 fully saturated rings. The number of aliphatic hydroxyl groups is 1. The summed E-state index contributed by atoms with van der Waals surface area (Å²) in [5.74, 6) is 0.0391.